The van der Waals surface area contributed by atoms with Crippen LogP contribution in [-0.2, 0) is 21.7 Å². The van der Waals surface area contributed by atoms with E-state index in [2.05, 4.69) is 46.1 Å². The van der Waals surface area contributed by atoms with Crippen LogP contribution < -0.4 is 4.90 Å². The van der Waals surface area contributed by atoms with Crippen LogP contribution in [0, 0.1) is 0 Å². The average Bonchev–Trinajstić information content (AvgIpc) is 3.50. The van der Waals surface area contributed by atoms with E-state index in [-0.39, 0.29) is 5.56 Å². The number of rotatable bonds is 6. The molecule has 0 radical (unpaired) electrons. The molecular formula is C32H42F3N3O3S2. The highest BCUT2D eigenvalue weighted by Gasteiger charge is 2.51. The number of ether oxygens (including phenoxy) is 2. The van der Waals surface area contributed by atoms with Gasteiger partial charge in [0.05, 0.1) is 24.0 Å². The fourth-order valence-electron chi connectivity index (χ4n) is 4.25. The molecule has 3 heterocycles. The fourth-order valence-corrected chi connectivity index (χ4v) is 6.10. The number of anilines is 1. The van der Waals surface area contributed by atoms with Gasteiger partial charge in [0.1, 0.15) is 0 Å². The van der Waals surface area contributed by atoms with Crippen molar-refractivity contribution in [2.75, 3.05) is 58.5 Å². The predicted molar refractivity (Wildman–Crippen MR) is 170 cm³/mol. The van der Waals surface area contributed by atoms with Crippen LogP contribution in [0.5, 0.6) is 0 Å². The van der Waals surface area contributed by atoms with E-state index in [1.807, 2.05) is 36.4 Å². The van der Waals surface area contributed by atoms with Gasteiger partial charge in [-0.15, -0.1) is 11.3 Å². The van der Waals surface area contributed by atoms with E-state index in [0.29, 0.717) is 19.3 Å². The number of thiophene rings is 1. The number of methoxy groups -OCH3 is 1. The van der Waals surface area contributed by atoms with Gasteiger partial charge in [0.2, 0.25) is 0 Å². The summed E-state index contributed by atoms with van der Waals surface area (Å²) >= 11 is 3.46. The van der Waals surface area contributed by atoms with Crippen molar-refractivity contribution in [1.29, 1.82) is 0 Å². The van der Waals surface area contributed by atoms with Gasteiger partial charge in [0.15, 0.2) is 5.60 Å². The molecule has 0 amide bonds. The maximum absolute atomic E-state index is 12.9. The summed E-state index contributed by atoms with van der Waals surface area (Å²) in [6, 6.07) is 20.7. The summed E-state index contributed by atoms with van der Waals surface area (Å²) in [5, 5.41) is 11.8. The number of morpholine rings is 1. The molecule has 5 rings (SSSR count). The quantitative estimate of drug-likeness (QED) is 0.291. The van der Waals surface area contributed by atoms with Crippen molar-refractivity contribution in [2.45, 2.75) is 42.5 Å². The Bertz CT molecular complexity index is 1220. The molecule has 0 saturated carbocycles. The van der Waals surface area contributed by atoms with Crippen molar-refractivity contribution in [3.05, 3.63) is 95.5 Å². The van der Waals surface area contributed by atoms with Gasteiger partial charge in [0, 0.05) is 57.8 Å². The molecule has 0 aliphatic carbocycles. The molecule has 2 fully saturated rings. The van der Waals surface area contributed by atoms with Crippen molar-refractivity contribution in [3.63, 3.8) is 0 Å². The third kappa shape index (κ3) is 10.5. The Balaban J connectivity index is 0.000000228. The third-order valence-electron chi connectivity index (χ3n) is 7.24. The molecular weight excluding hydrogens is 595 g/mol. The molecule has 236 valence electrons. The lowest BCUT2D eigenvalue weighted by Gasteiger charge is -2.35. The molecule has 6 nitrogen and oxygen atoms in total. The molecule has 11 heteroatoms. The average molecular weight is 638 g/mol. The number of alkyl halides is 3. The highest BCUT2D eigenvalue weighted by molar-refractivity contribution is 7.98. The summed E-state index contributed by atoms with van der Waals surface area (Å²) in [6.45, 7) is 12.4. The zero-order chi connectivity index (χ0) is 31.5. The summed E-state index contributed by atoms with van der Waals surface area (Å²) in [4.78, 5) is 4.31. The second-order valence-electron chi connectivity index (χ2n) is 10.5. The van der Waals surface area contributed by atoms with Crippen LogP contribution in [0.2, 0.25) is 0 Å². The van der Waals surface area contributed by atoms with Crippen LogP contribution in [0.4, 0.5) is 18.9 Å². The molecule has 1 aromatic heterocycles. The number of hydrogen-bond acceptors (Lipinski definition) is 8. The normalized spacial score (nSPS) is 19.1. The van der Waals surface area contributed by atoms with E-state index in [1.165, 1.54) is 21.9 Å². The van der Waals surface area contributed by atoms with E-state index >= 15 is 0 Å². The highest BCUT2D eigenvalue weighted by atomic mass is 32.2. The summed E-state index contributed by atoms with van der Waals surface area (Å²) in [5.41, 5.74) is 0.202. The van der Waals surface area contributed by atoms with Gasteiger partial charge in [-0.05, 0) is 60.5 Å². The minimum Gasteiger partial charge on any atom is -0.380 e. The van der Waals surface area contributed by atoms with Crippen molar-refractivity contribution >= 4 is 29.0 Å². The van der Waals surface area contributed by atoms with E-state index < -0.39 is 11.8 Å². The fraction of sp³-hybridized carbons (Fsp3) is 0.438. The van der Waals surface area contributed by atoms with E-state index in [0.717, 1.165) is 51.1 Å². The van der Waals surface area contributed by atoms with Crippen LogP contribution in [0.25, 0.3) is 0 Å². The van der Waals surface area contributed by atoms with Crippen LogP contribution >= 0.6 is 23.3 Å². The Morgan fingerprint density at radius 2 is 1.67 bits per heavy atom. The van der Waals surface area contributed by atoms with Gasteiger partial charge in [-0.2, -0.15) is 13.2 Å². The lowest BCUT2D eigenvalue weighted by atomic mass is 9.95. The number of benzene rings is 2. The zero-order valence-electron chi connectivity index (χ0n) is 25.2. The smallest absolute Gasteiger partial charge is 0.380 e. The molecule has 3 aromatic rings. The van der Waals surface area contributed by atoms with Gasteiger partial charge in [-0.25, -0.2) is 4.31 Å². The van der Waals surface area contributed by atoms with Crippen molar-refractivity contribution in [3.8, 4) is 0 Å². The lowest BCUT2D eigenvalue weighted by molar-refractivity contribution is -0.258. The molecule has 0 spiro atoms. The molecule has 2 aliphatic heterocycles. The van der Waals surface area contributed by atoms with Crippen LogP contribution in [0.3, 0.4) is 0 Å². The number of halogens is 3. The lowest BCUT2D eigenvalue weighted by Crippen LogP contribution is -2.43. The van der Waals surface area contributed by atoms with Crippen LogP contribution in [0.1, 0.15) is 25.0 Å². The summed E-state index contributed by atoms with van der Waals surface area (Å²) in [7, 11) is 3.75. The Morgan fingerprint density at radius 1 is 1.02 bits per heavy atom. The van der Waals surface area contributed by atoms with E-state index in [1.54, 1.807) is 42.5 Å². The molecule has 2 unspecified atom stereocenters. The summed E-state index contributed by atoms with van der Waals surface area (Å²) in [5.74, 6) is 0. The first kappa shape index (κ1) is 34.9. The largest absolute Gasteiger partial charge is 0.421 e. The van der Waals surface area contributed by atoms with Gasteiger partial charge in [-0.3, -0.25) is 0 Å². The SMILES string of the molecule is C=C1COCC(C)N1C.CC(O)(c1ccc(N2CCN(Sc3cccs3)CC2)cc1)C(F)(F)F.COCc1ccccc1. The first-order chi connectivity index (χ1) is 20.4. The van der Waals surface area contributed by atoms with E-state index in [9.17, 15) is 18.3 Å². The molecule has 2 atom stereocenters. The zero-order valence-corrected chi connectivity index (χ0v) is 26.9. The minimum atomic E-state index is -4.70. The summed E-state index contributed by atoms with van der Waals surface area (Å²) < 4.78 is 52.4. The van der Waals surface area contributed by atoms with Crippen LogP contribution in [0.15, 0.2) is 88.6 Å². The maximum Gasteiger partial charge on any atom is 0.421 e. The van der Waals surface area contributed by atoms with Gasteiger partial charge in [-0.1, -0.05) is 55.1 Å². The van der Waals surface area contributed by atoms with Gasteiger partial charge >= 0.3 is 6.18 Å². The number of likely N-dealkylation sites (N-methyl/N-ethyl adjacent to an activating group) is 1. The minimum absolute atomic E-state index is 0.143. The molecule has 0 bridgehead atoms. The highest BCUT2D eigenvalue weighted by Crippen LogP contribution is 2.39. The standard InChI is InChI=1S/C17H19F3N2OS2.C8H10O.C7H13NO/c1-16(23,17(18,19)20)13-4-6-14(7-5-13)21-8-10-22(11-9-21)25-15-3-2-12-24-15;1-9-7-8-5-3-2-4-6-8;1-6-4-9-5-7(2)8(6)3/h2-7,12,23H,8-11H2,1H3;2-6H,7H2,1H3;7H,1,4-5H2,2-3H3. The second kappa shape index (κ2) is 16.5. The third-order valence-corrected chi connectivity index (χ3v) is 9.35. The van der Waals surface area contributed by atoms with Gasteiger partial charge < -0.3 is 24.4 Å². The predicted octanol–water partition coefficient (Wildman–Crippen LogP) is 7.03. The second-order valence-corrected chi connectivity index (χ2v) is 12.9. The number of piperazine rings is 1. The molecule has 2 aliphatic rings. The summed E-state index contributed by atoms with van der Waals surface area (Å²) in [6.07, 6.45) is -4.70. The van der Waals surface area contributed by atoms with E-state index in [4.69, 9.17) is 9.47 Å². The first-order valence-electron chi connectivity index (χ1n) is 14.0. The van der Waals surface area contributed by atoms with Crippen molar-refractivity contribution < 1.29 is 27.8 Å². The number of nitrogens with zero attached hydrogens (tertiary/aromatic N) is 3. The Labute approximate surface area is 261 Å². The molecule has 1 N–H and O–H groups in total. The Morgan fingerprint density at radius 3 is 2.19 bits per heavy atom. The van der Waals surface area contributed by atoms with Crippen molar-refractivity contribution in [2.24, 2.45) is 0 Å². The molecule has 2 saturated heterocycles. The number of aliphatic hydroxyl groups is 1. The topological polar surface area (TPSA) is 48.4 Å². The first-order valence-corrected chi connectivity index (χ1v) is 15.7. The molecule has 2 aromatic carbocycles. The maximum atomic E-state index is 12.9. The van der Waals surface area contributed by atoms with Gasteiger partial charge in [0.25, 0.3) is 0 Å². The number of hydrogen-bond donors (Lipinski definition) is 1. The van der Waals surface area contributed by atoms with Crippen LogP contribution in [-0.4, -0.2) is 80.1 Å². The monoisotopic (exact) mass is 637 g/mol. The Kier molecular flexibility index (Phi) is 13.4. The van der Waals surface area contributed by atoms with Crippen molar-refractivity contribution in [1.82, 2.24) is 9.21 Å². The Hall–Kier alpha value is -2.54. The molecule has 43 heavy (non-hydrogen) atoms.